The van der Waals surface area contributed by atoms with Gasteiger partial charge in [0.15, 0.2) is 5.13 Å². The molecule has 22 heavy (non-hydrogen) atoms. The fraction of sp³-hybridized carbons (Fsp3) is 0.667. The van der Waals surface area contributed by atoms with Crippen molar-refractivity contribution in [1.29, 1.82) is 0 Å². The molecule has 2 heterocycles. The van der Waals surface area contributed by atoms with E-state index in [0.29, 0.717) is 18.9 Å². The van der Waals surface area contributed by atoms with Gasteiger partial charge in [-0.3, -0.25) is 9.59 Å². The molecular weight excluding hydrogens is 300 g/mol. The molecule has 1 aromatic rings. The van der Waals surface area contributed by atoms with Crippen molar-refractivity contribution in [3.63, 3.8) is 0 Å². The number of carbonyl (C=O) groups excluding carboxylic acids is 2. The van der Waals surface area contributed by atoms with Crippen LogP contribution < -0.4 is 10.2 Å². The summed E-state index contributed by atoms with van der Waals surface area (Å²) in [5.41, 5.74) is 0. The minimum absolute atomic E-state index is 0.105. The molecule has 6 nitrogen and oxygen atoms in total. The average Bonchev–Trinajstić information content (AvgIpc) is 3.03. The van der Waals surface area contributed by atoms with E-state index in [4.69, 9.17) is 0 Å². The van der Waals surface area contributed by atoms with Crippen molar-refractivity contribution >= 4 is 28.3 Å². The van der Waals surface area contributed by atoms with Crippen molar-refractivity contribution in [3.05, 3.63) is 11.6 Å². The minimum Gasteiger partial charge on any atom is -0.355 e. The molecule has 2 amide bonds. The lowest BCUT2D eigenvalue weighted by Gasteiger charge is -2.34. The van der Waals surface area contributed by atoms with Crippen LogP contribution in [0.15, 0.2) is 11.6 Å². The molecule has 1 aliphatic carbocycles. The molecule has 2 unspecified atom stereocenters. The van der Waals surface area contributed by atoms with Crippen LogP contribution in [0.4, 0.5) is 5.13 Å². The molecule has 2 fully saturated rings. The summed E-state index contributed by atoms with van der Waals surface area (Å²) in [5.74, 6) is 0.920. The molecule has 1 aliphatic heterocycles. The predicted molar refractivity (Wildman–Crippen MR) is 85.8 cm³/mol. The number of hydrogen-bond donors (Lipinski definition) is 1. The van der Waals surface area contributed by atoms with Crippen LogP contribution >= 0.6 is 11.3 Å². The Morgan fingerprint density at radius 3 is 2.68 bits per heavy atom. The van der Waals surface area contributed by atoms with Gasteiger partial charge >= 0.3 is 0 Å². The van der Waals surface area contributed by atoms with Crippen molar-refractivity contribution in [1.82, 2.24) is 15.2 Å². The summed E-state index contributed by atoms with van der Waals surface area (Å²) in [5, 5.41) is 5.87. The summed E-state index contributed by atoms with van der Waals surface area (Å²) in [7, 11) is 0. The van der Waals surface area contributed by atoms with Gasteiger partial charge in [-0.2, -0.15) is 0 Å². The molecule has 2 aliphatic rings. The number of nitrogens with zero attached hydrogens (tertiary/aromatic N) is 3. The van der Waals surface area contributed by atoms with Crippen LogP contribution in [0.5, 0.6) is 0 Å². The van der Waals surface area contributed by atoms with Crippen molar-refractivity contribution in [2.45, 2.75) is 19.8 Å². The van der Waals surface area contributed by atoms with Gasteiger partial charge in [0.2, 0.25) is 11.8 Å². The van der Waals surface area contributed by atoms with Crippen LogP contribution in [0.3, 0.4) is 0 Å². The van der Waals surface area contributed by atoms with Crippen LogP contribution in [0, 0.1) is 11.8 Å². The van der Waals surface area contributed by atoms with Gasteiger partial charge in [0.05, 0.1) is 0 Å². The van der Waals surface area contributed by atoms with Gasteiger partial charge in [-0.05, 0) is 12.3 Å². The lowest BCUT2D eigenvalue weighted by atomic mass is 10.2. The molecule has 7 heteroatoms. The molecular formula is C15H22N4O2S. The van der Waals surface area contributed by atoms with Gasteiger partial charge in [-0.15, -0.1) is 11.3 Å². The monoisotopic (exact) mass is 322 g/mol. The molecule has 1 saturated heterocycles. The Hall–Kier alpha value is -1.63. The standard InChI is InChI=1S/C15H22N4O2S/c1-11-10-12(11)14(21)16-3-2-13(20)18-5-7-19(8-6-18)15-17-4-9-22-15/h4,9,11-12H,2-3,5-8,10H2,1H3,(H,16,21). The van der Waals surface area contributed by atoms with Crippen LogP contribution in [0.1, 0.15) is 19.8 Å². The van der Waals surface area contributed by atoms with Crippen LogP contribution in [-0.4, -0.2) is 54.4 Å². The number of thiazole rings is 1. The maximum absolute atomic E-state index is 12.2. The molecule has 2 atom stereocenters. The highest BCUT2D eigenvalue weighted by atomic mass is 32.1. The van der Waals surface area contributed by atoms with Crippen molar-refractivity contribution in [3.8, 4) is 0 Å². The van der Waals surface area contributed by atoms with Crippen LogP contribution in [-0.2, 0) is 9.59 Å². The summed E-state index contributed by atoms with van der Waals surface area (Å²) < 4.78 is 0. The van der Waals surface area contributed by atoms with E-state index in [1.54, 1.807) is 17.5 Å². The molecule has 120 valence electrons. The number of piperazine rings is 1. The first-order chi connectivity index (χ1) is 10.6. The second-order valence-corrected chi connectivity index (χ2v) is 6.92. The number of amides is 2. The zero-order valence-corrected chi connectivity index (χ0v) is 13.6. The molecule has 0 spiro atoms. The normalized spacial score (nSPS) is 24.2. The van der Waals surface area contributed by atoms with E-state index in [1.807, 2.05) is 10.3 Å². The second-order valence-electron chi connectivity index (χ2n) is 6.04. The fourth-order valence-electron chi connectivity index (χ4n) is 2.79. The lowest BCUT2D eigenvalue weighted by Crippen LogP contribution is -2.49. The SMILES string of the molecule is CC1CC1C(=O)NCCC(=O)N1CCN(c2nccs2)CC1. The fourth-order valence-corrected chi connectivity index (χ4v) is 3.49. The number of carbonyl (C=O) groups is 2. The lowest BCUT2D eigenvalue weighted by molar-refractivity contribution is -0.131. The topological polar surface area (TPSA) is 65.5 Å². The van der Waals surface area contributed by atoms with Crippen LogP contribution in [0.25, 0.3) is 0 Å². The molecule has 1 aromatic heterocycles. The van der Waals surface area contributed by atoms with Gasteiger partial charge in [0.1, 0.15) is 0 Å². The third-order valence-corrected chi connectivity index (χ3v) is 5.24. The Morgan fingerprint density at radius 2 is 2.09 bits per heavy atom. The van der Waals surface area contributed by atoms with Gasteiger partial charge in [-0.1, -0.05) is 6.92 Å². The summed E-state index contributed by atoms with van der Waals surface area (Å²) in [4.78, 5) is 32.3. The molecule has 0 radical (unpaired) electrons. The minimum atomic E-state index is 0.105. The van der Waals surface area contributed by atoms with E-state index in [9.17, 15) is 9.59 Å². The third-order valence-electron chi connectivity index (χ3n) is 4.41. The number of nitrogens with one attached hydrogen (secondary N) is 1. The highest BCUT2D eigenvalue weighted by molar-refractivity contribution is 7.13. The van der Waals surface area contributed by atoms with E-state index >= 15 is 0 Å². The maximum atomic E-state index is 12.2. The first-order valence-corrected chi connectivity index (χ1v) is 8.73. The van der Waals surface area contributed by atoms with Gasteiger partial charge in [0, 0.05) is 56.6 Å². The summed E-state index contributed by atoms with van der Waals surface area (Å²) in [6.45, 7) is 5.64. The van der Waals surface area contributed by atoms with Crippen molar-refractivity contribution in [2.24, 2.45) is 11.8 Å². The molecule has 1 saturated carbocycles. The second kappa shape index (κ2) is 6.64. The molecule has 1 N–H and O–H groups in total. The number of rotatable bonds is 5. The Bertz CT molecular complexity index is 526. The summed E-state index contributed by atoms with van der Waals surface area (Å²) in [6.07, 6.45) is 3.18. The van der Waals surface area contributed by atoms with Gasteiger partial charge in [0.25, 0.3) is 0 Å². The van der Waals surface area contributed by atoms with E-state index in [2.05, 4.69) is 22.1 Å². The summed E-state index contributed by atoms with van der Waals surface area (Å²) >= 11 is 1.63. The highest BCUT2D eigenvalue weighted by Crippen LogP contribution is 2.37. The Balaban J connectivity index is 1.36. The first-order valence-electron chi connectivity index (χ1n) is 7.85. The smallest absolute Gasteiger partial charge is 0.224 e. The third kappa shape index (κ3) is 3.58. The van der Waals surface area contributed by atoms with E-state index in [1.165, 1.54) is 0 Å². The Morgan fingerprint density at radius 1 is 1.36 bits per heavy atom. The zero-order chi connectivity index (χ0) is 15.5. The maximum Gasteiger partial charge on any atom is 0.224 e. The van der Waals surface area contributed by atoms with E-state index in [-0.39, 0.29) is 17.7 Å². The molecule has 0 bridgehead atoms. The first kappa shape index (κ1) is 15.3. The van der Waals surface area contributed by atoms with Crippen molar-refractivity contribution in [2.75, 3.05) is 37.6 Å². The predicted octanol–water partition coefficient (Wildman–Crippen LogP) is 0.954. The summed E-state index contributed by atoms with van der Waals surface area (Å²) in [6, 6.07) is 0. The van der Waals surface area contributed by atoms with E-state index in [0.717, 1.165) is 37.7 Å². The molecule has 0 aromatic carbocycles. The quantitative estimate of drug-likeness (QED) is 0.877. The number of aromatic nitrogens is 1. The van der Waals surface area contributed by atoms with Crippen LogP contribution in [0.2, 0.25) is 0 Å². The Labute approximate surface area is 134 Å². The Kier molecular flexibility index (Phi) is 4.61. The number of anilines is 1. The number of hydrogen-bond acceptors (Lipinski definition) is 5. The largest absolute Gasteiger partial charge is 0.355 e. The van der Waals surface area contributed by atoms with Gasteiger partial charge < -0.3 is 15.1 Å². The zero-order valence-electron chi connectivity index (χ0n) is 12.8. The van der Waals surface area contributed by atoms with Gasteiger partial charge in [-0.25, -0.2) is 4.98 Å². The molecule has 3 rings (SSSR count). The van der Waals surface area contributed by atoms with Crippen molar-refractivity contribution < 1.29 is 9.59 Å². The van der Waals surface area contributed by atoms with E-state index < -0.39 is 0 Å². The average molecular weight is 322 g/mol. The highest BCUT2D eigenvalue weighted by Gasteiger charge is 2.38.